The van der Waals surface area contributed by atoms with E-state index >= 15 is 0 Å². The molecule has 0 radical (unpaired) electrons. The van der Waals surface area contributed by atoms with Crippen molar-refractivity contribution in [3.63, 3.8) is 0 Å². The van der Waals surface area contributed by atoms with E-state index in [1.165, 1.54) is 18.3 Å². The fourth-order valence-electron chi connectivity index (χ4n) is 1.70. The zero-order valence-electron chi connectivity index (χ0n) is 11.8. The molecule has 106 valence electrons. The molecule has 0 saturated heterocycles. The van der Waals surface area contributed by atoms with Gasteiger partial charge in [0.1, 0.15) is 11.1 Å². The predicted octanol–water partition coefficient (Wildman–Crippen LogP) is 3.20. The summed E-state index contributed by atoms with van der Waals surface area (Å²) >= 11 is 1.49. The first-order valence-electron chi connectivity index (χ1n) is 6.17. The first kappa shape index (κ1) is 14.5. The van der Waals surface area contributed by atoms with Gasteiger partial charge in [0.15, 0.2) is 22.3 Å². The van der Waals surface area contributed by atoms with Crippen LogP contribution in [0.1, 0.15) is 40.3 Å². The molecule has 0 amide bonds. The van der Waals surface area contributed by atoms with Crippen LogP contribution in [0.4, 0.5) is 0 Å². The Balaban J connectivity index is 2.22. The average molecular weight is 292 g/mol. The molecule has 0 unspecified atom stereocenters. The van der Waals surface area contributed by atoms with E-state index in [9.17, 15) is 4.79 Å². The average Bonchev–Trinajstić information content (AvgIpc) is 2.85. The number of nitrogens with zero attached hydrogens (tertiary/aromatic N) is 2. The first-order chi connectivity index (χ1) is 9.51. The number of rotatable bonds is 5. The van der Waals surface area contributed by atoms with Gasteiger partial charge in [-0.2, -0.15) is 0 Å². The van der Waals surface area contributed by atoms with Gasteiger partial charge in [-0.15, -0.1) is 10.2 Å². The maximum Gasteiger partial charge on any atom is 0.162 e. The van der Waals surface area contributed by atoms with Gasteiger partial charge in [0.2, 0.25) is 0 Å². The Labute approximate surface area is 121 Å². The lowest BCUT2D eigenvalue weighted by Gasteiger charge is -2.15. The molecule has 0 saturated carbocycles. The Hall–Kier alpha value is -1.95. The minimum absolute atomic E-state index is 0.0114. The molecule has 1 aromatic heterocycles. The quantitative estimate of drug-likeness (QED) is 0.792. The van der Waals surface area contributed by atoms with Gasteiger partial charge in [-0.25, -0.2) is 0 Å². The Morgan fingerprint density at radius 2 is 2.05 bits per heavy atom. The highest BCUT2D eigenvalue weighted by Crippen LogP contribution is 2.32. The third-order valence-corrected chi connectivity index (χ3v) is 3.76. The van der Waals surface area contributed by atoms with Gasteiger partial charge >= 0.3 is 0 Å². The summed E-state index contributed by atoms with van der Waals surface area (Å²) in [6.45, 7) is 5.32. The Morgan fingerprint density at radius 3 is 2.60 bits per heavy atom. The molecule has 2 aromatic rings. The lowest BCUT2D eigenvalue weighted by Crippen LogP contribution is -2.04. The van der Waals surface area contributed by atoms with Crippen LogP contribution in [-0.2, 0) is 0 Å². The van der Waals surface area contributed by atoms with Crippen LogP contribution in [0, 0.1) is 6.92 Å². The summed E-state index contributed by atoms with van der Waals surface area (Å²) in [6, 6.07) is 5.13. The van der Waals surface area contributed by atoms with Gasteiger partial charge in [0.25, 0.3) is 0 Å². The van der Waals surface area contributed by atoms with E-state index in [-0.39, 0.29) is 11.9 Å². The molecular weight excluding hydrogens is 276 g/mol. The van der Waals surface area contributed by atoms with Gasteiger partial charge < -0.3 is 9.47 Å². The maximum atomic E-state index is 11.4. The van der Waals surface area contributed by atoms with Gasteiger partial charge in [-0.3, -0.25) is 4.79 Å². The molecule has 0 bridgehead atoms. The summed E-state index contributed by atoms with van der Waals surface area (Å²) in [5, 5.41) is 9.74. The van der Waals surface area contributed by atoms with Crippen molar-refractivity contribution >= 4 is 17.1 Å². The minimum atomic E-state index is -0.224. The number of ether oxygens (including phenoxy) is 2. The minimum Gasteiger partial charge on any atom is -0.493 e. The summed E-state index contributed by atoms with van der Waals surface area (Å²) < 4.78 is 11.1. The van der Waals surface area contributed by atoms with Crippen molar-refractivity contribution in [2.45, 2.75) is 26.9 Å². The third kappa shape index (κ3) is 3.14. The smallest absolute Gasteiger partial charge is 0.162 e. The SMILES string of the molecule is COc1cc(C(C)=O)ccc1O[C@@H](C)c1nnc(C)s1. The van der Waals surface area contributed by atoms with E-state index in [1.54, 1.807) is 25.3 Å². The maximum absolute atomic E-state index is 11.4. The largest absolute Gasteiger partial charge is 0.493 e. The Kier molecular flexibility index (Phi) is 4.34. The van der Waals surface area contributed by atoms with E-state index in [0.29, 0.717) is 17.1 Å². The second kappa shape index (κ2) is 6.00. The number of benzene rings is 1. The normalized spacial score (nSPS) is 12.0. The highest BCUT2D eigenvalue weighted by Gasteiger charge is 2.16. The van der Waals surface area contributed by atoms with Crippen LogP contribution < -0.4 is 9.47 Å². The molecular formula is C14H16N2O3S. The monoisotopic (exact) mass is 292 g/mol. The molecule has 0 fully saturated rings. The van der Waals surface area contributed by atoms with E-state index in [2.05, 4.69) is 10.2 Å². The van der Waals surface area contributed by atoms with Crippen molar-refractivity contribution < 1.29 is 14.3 Å². The summed E-state index contributed by atoms with van der Waals surface area (Å²) in [5.41, 5.74) is 0.591. The van der Waals surface area contributed by atoms with Gasteiger partial charge in [0.05, 0.1) is 7.11 Å². The van der Waals surface area contributed by atoms with Crippen molar-refractivity contribution in [2.75, 3.05) is 7.11 Å². The number of aromatic nitrogens is 2. The van der Waals surface area contributed by atoms with E-state index < -0.39 is 0 Å². The summed E-state index contributed by atoms with van der Waals surface area (Å²) in [5.74, 6) is 1.10. The lowest BCUT2D eigenvalue weighted by molar-refractivity contribution is 0.101. The topological polar surface area (TPSA) is 61.3 Å². The van der Waals surface area contributed by atoms with Crippen LogP contribution >= 0.6 is 11.3 Å². The second-order valence-electron chi connectivity index (χ2n) is 4.34. The zero-order chi connectivity index (χ0) is 14.7. The van der Waals surface area contributed by atoms with E-state index in [4.69, 9.17) is 9.47 Å². The molecule has 0 aliphatic rings. The number of ketones is 1. The van der Waals surface area contributed by atoms with Crippen molar-refractivity contribution in [1.29, 1.82) is 0 Å². The van der Waals surface area contributed by atoms with Crippen molar-refractivity contribution in [2.24, 2.45) is 0 Å². The number of hydrogen-bond donors (Lipinski definition) is 0. The number of Topliss-reactive ketones (excluding diaryl/α,β-unsaturated/α-hetero) is 1. The molecule has 0 spiro atoms. The number of aryl methyl sites for hydroxylation is 1. The van der Waals surface area contributed by atoms with Crippen LogP contribution in [0.5, 0.6) is 11.5 Å². The highest BCUT2D eigenvalue weighted by atomic mass is 32.1. The fraction of sp³-hybridized carbons (Fsp3) is 0.357. The summed E-state index contributed by atoms with van der Waals surface area (Å²) in [7, 11) is 1.55. The second-order valence-corrected chi connectivity index (χ2v) is 5.55. The molecule has 1 aromatic carbocycles. The molecule has 20 heavy (non-hydrogen) atoms. The third-order valence-electron chi connectivity index (χ3n) is 2.76. The molecule has 1 heterocycles. The number of carbonyl (C=O) groups excluding carboxylic acids is 1. The van der Waals surface area contributed by atoms with Crippen molar-refractivity contribution in [3.8, 4) is 11.5 Å². The Morgan fingerprint density at radius 1 is 1.30 bits per heavy atom. The lowest BCUT2D eigenvalue weighted by atomic mass is 10.1. The van der Waals surface area contributed by atoms with Crippen LogP contribution in [0.3, 0.4) is 0 Å². The number of carbonyl (C=O) groups is 1. The van der Waals surface area contributed by atoms with Gasteiger partial charge in [-0.05, 0) is 39.0 Å². The standard InChI is InChI=1S/C14H16N2O3S/c1-8(17)11-5-6-12(13(7-11)18-4)19-9(2)14-16-15-10(3)20-14/h5-7,9H,1-4H3/t9-/m0/s1. The van der Waals surface area contributed by atoms with Crippen LogP contribution in [0.25, 0.3) is 0 Å². The van der Waals surface area contributed by atoms with Gasteiger partial charge in [0, 0.05) is 5.56 Å². The van der Waals surface area contributed by atoms with Crippen molar-refractivity contribution in [1.82, 2.24) is 10.2 Å². The van der Waals surface area contributed by atoms with E-state index in [0.717, 1.165) is 10.0 Å². The highest BCUT2D eigenvalue weighted by molar-refractivity contribution is 7.11. The van der Waals surface area contributed by atoms with Crippen LogP contribution in [0.2, 0.25) is 0 Å². The Bertz CT molecular complexity index is 625. The van der Waals surface area contributed by atoms with Gasteiger partial charge in [-0.1, -0.05) is 11.3 Å². The molecule has 0 aliphatic heterocycles. The summed E-state index contributed by atoms with van der Waals surface area (Å²) in [4.78, 5) is 11.4. The molecule has 5 nitrogen and oxygen atoms in total. The summed E-state index contributed by atoms with van der Waals surface area (Å²) in [6.07, 6.45) is -0.224. The fourth-order valence-corrected chi connectivity index (χ4v) is 2.38. The molecule has 0 aliphatic carbocycles. The molecule has 1 atom stereocenters. The molecule has 0 N–H and O–H groups in total. The van der Waals surface area contributed by atoms with Crippen LogP contribution in [0.15, 0.2) is 18.2 Å². The van der Waals surface area contributed by atoms with Crippen LogP contribution in [-0.4, -0.2) is 23.1 Å². The molecule has 6 heteroatoms. The zero-order valence-corrected chi connectivity index (χ0v) is 12.7. The van der Waals surface area contributed by atoms with E-state index in [1.807, 2.05) is 13.8 Å². The number of hydrogen-bond acceptors (Lipinski definition) is 6. The first-order valence-corrected chi connectivity index (χ1v) is 6.98. The molecule has 2 rings (SSSR count). The number of methoxy groups -OCH3 is 1. The van der Waals surface area contributed by atoms with Crippen molar-refractivity contribution in [3.05, 3.63) is 33.8 Å². The predicted molar refractivity (Wildman–Crippen MR) is 76.7 cm³/mol.